The Bertz CT molecular complexity index is 1650. The lowest BCUT2D eigenvalue weighted by molar-refractivity contribution is -0.121. The lowest BCUT2D eigenvalue weighted by atomic mass is 9.45. The van der Waals surface area contributed by atoms with Crippen LogP contribution in [0.3, 0.4) is 0 Å². The summed E-state index contributed by atoms with van der Waals surface area (Å²) < 4.78 is 0. The molecule has 75 heavy (non-hydrogen) atoms. The molecule has 0 aromatic rings. The molecule has 0 radical (unpaired) electrons. The SMILES string of the molecule is C1CCC(C2CC(C3CCCCC3)CC(C3C4C5CCCC6CCCC(C65)C4C(C4CC(C5CCCCC5)CC(C5CCCCC5)C4)C4C5CCC(N(C6CCCCC6)C6CCCCC6)C6CCCC(C56)C34)C2)CC1. The van der Waals surface area contributed by atoms with Crippen LogP contribution in [0, 0.1) is 142 Å². The lowest BCUT2D eigenvalue weighted by Gasteiger charge is -2.60. The molecule has 422 valence electrons. The minimum atomic E-state index is 0.932. The van der Waals surface area contributed by atoms with Crippen LogP contribution < -0.4 is 0 Å². The van der Waals surface area contributed by atoms with Gasteiger partial charge in [0.25, 0.3) is 0 Å². The molecule has 1 nitrogen and oxygen atoms in total. The first-order valence-corrected chi connectivity index (χ1v) is 37.0. The first kappa shape index (κ1) is 51.8. The molecule has 15 fully saturated rings. The monoisotopic (exact) mass is 1020 g/mol. The molecule has 19 unspecified atom stereocenters. The van der Waals surface area contributed by atoms with Gasteiger partial charge in [-0.05, 0) is 245 Å². The maximum Gasteiger partial charge on any atom is 0.0132 e. The van der Waals surface area contributed by atoms with Gasteiger partial charge in [-0.25, -0.2) is 0 Å². The van der Waals surface area contributed by atoms with Crippen LogP contribution in [-0.4, -0.2) is 23.0 Å². The van der Waals surface area contributed by atoms with E-state index in [9.17, 15) is 0 Å². The number of nitrogens with zero attached hydrogens (tertiary/aromatic N) is 1. The molecule has 15 aliphatic carbocycles. The molecular weight excluding hydrogens is 903 g/mol. The van der Waals surface area contributed by atoms with Gasteiger partial charge in [-0.3, -0.25) is 4.90 Å². The summed E-state index contributed by atoms with van der Waals surface area (Å²) in [6, 6.07) is 2.81. The second-order valence-corrected chi connectivity index (χ2v) is 33.2. The standard InChI is InChI=1S/C74H121N/c1-7-22-48(23-8-1)53-42-54(49-24-9-2-10-25-49)45-57(44-53)68-71-62-37-19-30-52-31-20-38-63(67(52)62)72(71)69(58-46-55(50-26-11-3-12-27-50)43-56(47-58)51-28-13-4-14-29-51)74-65-40-41-66(61-36-21-39-64(70(61)65)73(68)74)75(59-32-15-5-16-33-59)60-34-17-6-18-35-60/h48-74H,1-47H2. The molecule has 0 aromatic heterocycles. The third-order valence-electron chi connectivity index (χ3n) is 30.6. The van der Waals surface area contributed by atoms with Crippen molar-refractivity contribution >= 4 is 0 Å². The van der Waals surface area contributed by atoms with E-state index in [1.807, 2.05) is 0 Å². The van der Waals surface area contributed by atoms with E-state index in [0.29, 0.717) is 0 Å². The van der Waals surface area contributed by atoms with Crippen LogP contribution in [0.25, 0.3) is 0 Å². The van der Waals surface area contributed by atoms with Crippen LogP contribution in [-0.2, 0) is 0 Å². The molecule has 19 atom stereocenters. The summed E-state index contributed by atoms with van der Waals surface area (Å²) in [7, 11) is 0. The molecule has 0 amide bonds. The summed E-state index contributed by atoms with van der Waals surface area (Å²) in [6.07, 6.45) is 75.6. The van der Waals surface area contributed by atoms with Crippen LogP contribution in [0.15, 0.2) is 0 Å². The minimum absolute atomic E-state index is 0.932. The van der Waals surface area contributed by atoms with E-state index >= 15 is 0 Å². The predicted octanol–water partition coefficient (Wildman–Crippen LogP) is 20.7. The van der Waals surface area contributed by atoms with Gasteiger partial charge in [-0.1, -0.05) is 199 Å². The molecule has 0 bridgehead atoms. The zero-order valence-electron chi connectivity index (χ0n) is 49.3. The van der Waals surface area contributed by atoms with Crippen LogP contribution >= 0.6 is 0 Å². The Kier molecular flexibility index (Phi) is 15.9. The second kappa shape index (κ2) is 23.0. The van der Waals surface area contributed by atoms with Gasteiger partial charge in [0.1, 0.15) is 0 Å². The van der Waals surface area contributed by atoms with Gasteiger partial charge < -0.3 is 0 Å². The van der Waals surface area contributed by atoms with Crippen LogP contribution in [0.2, 0.25) is 0 Å². The fourth-order valence-corrected chi connectivity index (χ4v) is 28.7. The van der Waals surface area contributed by atoms with Gasteiger partial charge >= 0.3 is 0 Å². The first-order chi connectivity index (χ1) is 37.2. The predicted molar refractivity (Wildman–Crippen MR) is 314 cm³/mol. The van der Waals surface area contributed by atoms with Crippen molar-refractivity contribution in [3.63, 3.8) is 0 Å². The molecular formula is C74H121N. The lowest BCUT2D eigenvalue weighted by Crippen LogP contribution is -2.57. The Morgan fingerprint density at radius 2 is 0.453 bits per heavy atom. The van der Waals surface area contributed by atoms with Crippen molar-refractivity contribution in [2.24, 2.45) is 142 Å². The van der Waals surface area contributed by atoms with Gasteiger partial charge in [0, 0.05) is 18.1 Å². The van der Waals surface area contributed by atoms with Crippen LogP contribution in [0.1, 0.15) is 302 Å². The average molecular weight is 1020 g/mol. The number of hydrogen-bond acceptors (Lipinski definition) is 1. The third kappa shape index (κ3) is 9.67. The van der Waals surface area contributed by atoms with Gasteiger partial charge in [0.2, 0.25) is 0 Å². The summed E-state index contributed by atoms with van der Waals surface area (Å²) in [5.41, 5.74) is 0. The molecule has 15 saturated carbocycles. The van der Waals surface area contributed by atoms with Gasteiger partial charge in [-0.15, -0.1) is 0 Å². The van der Waals surface area contributed by atoms with Crippen molar-refractivity contribution in [2.75, 3.05) is 0 Å². The van der Waals surface area contributed by atoms with E-state index in [1.54, 1.807) is 263 Å². The summed E-state index contributed by atoms with van der Waals surface area (Å²) in [6.45, 7) is 0. The molecule has 0 N–H and O–H groups in total. The Morgan fingerprint density at radius 1 is 0.160 bits per heavy atom. The highest BCUT2D eigenvalue weighted by molar-refractivity contribution is 5.20. The van der Waals surface area contributed by atoms with E-state index in [4.69, 9.17) is 0 Å². The maximum absolute atomic E-state index is 3.51. The van der Waals surface area contributed by atoms with Gasteiger partial charge in [0.15, 0.2) is 0 Å². The van der Waals surface area contributed by atoms with Gasteiger partial charge in [-0.2, -0.15) is 0 Å². The topological polar surface area (TPSA) is 3.24 Å². The Hall–Kier alpha value is -0.0400. The highest BCUT2D eigenvalue weighted by Crippen LogP contribution is 2.77. The van der Waals surface area contributed by atoms with E-state index < -0.39 is 0 Å². The summed E-state index contributed by atoms with van der Waals surface area (Å²) >= 11 is 0. The first-order valence-electron chi connectivity index (χ1n) is 37.0. The zero-order valence-corrected chi connectivity index (χ0v) is 49.3. The van der Waals surface area contributed by atoms with E-state index in [0.717, 1.165) is 160 Å². The fraction of sp³-hybridized carbons (Fsp3) is 1.00. The van der Waals surface area contributed by atoms with Crippen LogP contribution in [0.4, 0.5) is 0 Å². The summed E-state index contributed by atoms with van der Waals surface area (Å²) in [5.74, 6) is 26.5. The maximum atomic E-state index is 3.51. The van der Waals surface area contributed by atoms with Crippen molar-refractivity contribution in [1.82, 2.24) is 4.90 Å². The Balaban J connectivity index is 0.869. The summed E-state index contributed by atoms with van der Waals surface area (Å²) in [5, 5.41) is 0. The normalized spacial score (nSPS) is 50.0. The van der Waals surface area contributed by atoms with Crippen LogP contribution in [0.5, 0.6) is 0 Å². The number of rotatable bonds is 9. The van der Waals surface area contributed by atoms with Crippen molar-refractivity contribution in [1.29, 1.82) is 0 Å². The molecule has 0 aromatic carbocycles. The minimum Gasteiger partial charge on any atom is -0.294 e. The van der Waals surface area contributed by atoms with E-state index in [-0.39, 0.29) is 0 Å². The van der Waals surface area contributed by atoms with Crippen molar-refractivity contribution in [3.8, 4) is 0 Å². The highest BCUT2D eigenvalue weighted by Gasteiger charge is 2.72. The van der Waals surface area contributed by atoms with Crippen molar-refractivity contribution in [2.45, 2.75) is 320 Å². The van der Waals surface area contributed by atoms with E-state index in [2.05, 4.69) is 4.90 Å². The van der Waals surface area contributed by atoms with Crippen molar-refractivity contribution in [3.05, 3.63) is 0 Å². The van der Waals surface area contributed by atoms with Crippen molar-refractivity contribution < 1.29 is 0 Å². The molecule has 1 heteroatoms. The molecule has 15 rings (SSSR count). The molecule has 0 heterocycles. The second-order valence-electron chi connectivity index (χ2n) is 33.2. The molecule has 0 aliphatic heterocycles. The number of fused-ring (bicyclic) bond motifs is 6. The Morgan fingerprint density at radius 3 is 0.840 bits per heavy atom. The number of hydrogen-bond donors (Lipinski definition) is 0. The molecule has 0 spiro atoms. The molecule has 0 saturated heterocycles. The third-order valence-corrected chi connectivity index (χ3v) is 30.6. The van der Waals surface area contributed by atoms with E-state index in [1.165, 1.54) is 38.5 Å². The average Bonchev–Trinajstić information content (AvgIpc) is 4.21. The summed E-state index contributed by atoms with van der Waals surface area (Å²) in [4.78, 5) is 3.51. The quantitative estimate of drug-likeness (QED) is 0.222. The smallest absolute Gasteiger partial charge is 0.0132 e. The Labute approximate surface area is 464 Å². The highest BCUT2D eigenvalue weighted by atomic mass is 15.2. The van der Waals surface area contributed by atoms with Gasteiger partial charge in [0.05, 0.1) is 0 Å². The zero-order chi connectivity index (χ0) is 49.4. The fourth-order valence-electron chi connectivity index (χ4n) is 28.7. The largest absolute Gasteiger partial charge is 0.294 e. The molecule has 15 aliphatic rings.